The second-order valence-corrected chi connectivity index (χ2v) is 9.87. The molecule has 1 aliphatic rings. The molecule has 5 nitrogen and oxygen atoms in total. The zero-order chi connectivity index (χ0) is 18.0. The highest BCUT2D eigenvalue weighted by molar-refractivity contribution is 7.91. The summed E-state index contributed by atoms with van der Waals surface area (Å²) in [6.45, 7) is 8.31. The molecule has 0 aliphatic carbocycles. The number of nitrogens with zero attached hydrogens (tertiary/aromatic N) is 2. The molecule has 1 aromatic heterocycles. The Hall–Kier alpha value is -1.57. The van der Waals surface area contributed by atoms with Crippen molar-refractivity contribution in [3.63, 3.8) is 0 Å². The SMILES string of the molecule is Cc1ccc(S(=O)(=O)N2CCN(c3ccc(OC(C)C)cc3)CC2)s1. The summed E-state index contributed by atoms with van der Waals surface area (Å²) in [6.07, 6.45) is 0.153. The number of thiophene rings is 1. The van der Waals surface area contributed by atoms with Crippen molar-refractivity contribution < 1.29 is 13.2 Å². The molecular formula is C18H24N2O3S2. The number of rotatable bonds is 5. The maximum atomic E-state index is 12.7. The van der Waals surface area contributed by atoms with Crippen LogP contribution in [0.4, 0.5) is 5.69 Å². The molecule has 0 amide bonds. The molecular weight excluding hydrogens is 356 g/mol. The maximum absolute atomic E-state index is 12.7. The first kappa shape index (κ1) is 18.2. The Kier molecular flexibility index (Phi) is 5.36. The van der Waals surface area contributed by atoms with Gasteiger partial charge >= 0.3 is 0 Å². The van der Waals surface area contributed by atoms with Crippen molar-refractivity contribution in [3.05, 3.63) is 41.3 Å². The summed E-state index contributed by atoms with van der Waals surface area (Å²) in [4.78, 5) is 3.23. The van der Waals surface area contributed by atoms with Gasteiger partial charge in [0.1, 0.15) is 9.96 Å². The second kappa shape index (κ2) is 7.35. The largest absolute Gasteiger partial charge is 0.491 e. The van der Waals surface area contributed by atoms with Crippen LogP contribution in [-0.4, -0.2) is 45.0 Å². The van der Waals surface area contributed by atoms with E-state index >= 15 is 0 Å². The van der Waals surface area contributed by atoms with Crippen molar-refractivity contribution in [3.8, 4) is 5.75 Å². The molecule has 0 atom stereocenters. The van der Waals surface area contributed by atoms with E-state index in [2.05, 4.69) is 4.90 Å². The van der Waals surface area contributed by atoms with Gasteiger partial charge in [0.05, 0.1) is 6.10 Å². The monoisotopic (exact) mass is 380 g/mol. The quantitative estimate of drug-likeness (QED) is 0.798. The number of aryl methyl sites for hydroxylation is 1. The van der Waals surface area contributed by atoms with Gasteiger partial charge in [-0.05, 0) is 57.2 Å². The van der Waals surface area contributed by atoms with E-state index in [0.717, 1.165) is 16.3 Å². The highest BCUT2D eigenvalue weighted by Gasteiger charge is 2.29. The lowest BCUT2D eigenvalue weighted by molar-refractivity contribution is 0.242. The number of anilines is 1. The van der Waals surface area contributed by atoms with E-state index in [-0.39, 0.29) is 6.10 Å². The number of hydrogen-bond acceptors (Lipinski definition) is 5. The summed E-state index contributed by atoms with van der Waals surface area (Å²) in [5, 5.41) is 0. The van der Waals surface area contributed by atoms with Crippen LogP contribution < -0.4 is 9.64 Å². The lowest BCUT2D eigenvalue weighted by atomic mass is 10.2. The van der Waals surface area contributed by atoms with Crippen molar-refractivity contribution in [1.29, 1.82) is 0 Å². The molecule has 0 N–H and O–H groups in total. The normalized spacial score (nSPS) is 16.4. The van der Waals surface area contributed by atoms with Gasteiger partial charge in [0.15, 0.2) is 0 Å². The van der Waals surface area contributed by atoms with Crippen molar-refractivity contribution in [2.75, 3.05) is 31.1 Å². The smallest absolute Gasteiger partial charge is 0.252 e. The number of sulfonamides is 1. The molecule has 1 aliphatic heterocycles. The summed E-state index contributed by atoms with van der Waals surface area (Å²) in [6, 6.07) is 11.6. The van der Waals surface area contributed by atoms with Crippen LogP contribution >= 0.6 is 11.3 Å². The molecule has 0 spiro atoms. The van der Waals surface area contributed by atoms with Crippen LogP contribution in [0.25, 0.3) is 0 Å². The van der Waals surface area contributed by atoms with Gasteiger partial charge in [-0.15, -0.1) is 11.3 Å². The molecule has 7 heteroatoms. The Morgan fingerprint density at radius 2 is 1.64 bits per heavy atom. The summed E-state index contributed by atoms with van der Waals surface area (Å²) in [5.74, 6) is 0.855. The van der Waals surface area contributed by atoms with Gasteiger partial charge < -0.3 is 9.64 Å². The van der Waals surface area contributed by atoms with Gasteiger partial charge in [0, 0.05) is 36.7 Å². The van der Waals surface area contributed by atoms with Gasteiger partial charge in [-0.3, -0.25) is 0 Å². The van der Waals surface area contributed by atoms with E-state index in [1.54, 1.807) is 10.4 Å². The van der Waals surface area contributed by atoms with Crippen LogP contribution in [0.15, 0.2) is 40.6 Å². The summed E-state index contributed by atoms with van der Waals surface area (Å²) >= 11 is 1.33. The Balaban J connectivity index is 1.63. The van der Waals surface area contributed by atoms with E-state index in [4.69, 9.17) is 4.74 Å². The fraction of sp³-hybridized carbons (Fsp3) is 0.444. The van der Waals surface area contributed by atoms with Gasteiger partial charge in [0.25, 0.3) is 10.0 Å². The number of piperazine rings is 1. The van der Waals surface area contributed by atoms with Crippen LogP contribution in [0.3, 0.4) is 0 Å². The number of hydrogen-bond donors (Lipinski definition) is 0. The van der Waals surface area contributed by atoms with Crippen LogP contribution in [-0.2, 0) is 10.0 Å². The average molecular weight is 381 g/mol. The topological polar surface area (TPSA) is 49.9 Å². The third-order valence-electron chi connectivity index (χ3n) is 4.12. The lowest BCUT2D eigenvalue weighted by Crippen LogP contribution is -2.48. The predicted molar refractivity (Wildman–Crippen MR) is 102 cm³/mol. The molecule has 0 unspecified atom stereocenters. The van der Waals surface area contributed by atoms with Crippen LogP contribution in [0.5, 0.6) is 5.75 Å². The standard InChI is InChI=1S/C18H24N2O3S2/c1-14(2)23-17-7-5-16(6-8-17)19-10-12-20(13-11-19)25(21,22)18-9-4-15(3)24-18/h4-9,14H,10-13H2,1-3H3. The van der Waals surface area contributed by atoms with E-state index in [9.17, 15) is 8.42 Å². The first-order valence-corrected chi connectivity index (χ1v) is 10.7. The van der Waals surface area contributed by atoms with E-state index in [1.165, 1.54) is 11.3 Å². The molecule has 1 saturated heterocycles. The molecule has 2 aromatic rings. The highest BCUT2D eigenvalue weighted by Crippen LogP contribution is 2.27. The van der Waals surface area contributed by atoms with E-state index in [0.29, 0.717) is 30.4 Å². The van der Waals surface area contributed by atoms with Gasteiger partial charge in [-0.2, -0.15) is 4.31 Å². The highest BCUT2D eigenvalue weighted by atomic mass is 32.2. The minimum absolute atomic E-state index is 0.153. The number of ether oxygens (including phenoxy) is 1. The fourth-order valence-electron chi connectivity index (χ4n) is 2.87. The maximum Gasteiger partial charge on any atom is 0.252 e. The van der Waals surface area contributed by atoms with Gasteiger partial charge in [-0.1, -0.05) is 0 Å². The van der Waals surface area contributed by atoms with E-state index < -0.39 is 10.0 Å². The Bertz CT molecular complexity index is 805. The van der Waals surface area contributed by atoms with Crippen LogP contribution in [0, 0.1) is 6.92 Å². The molecule has 0 radical (unpaired) electrons. The second-order valence-electron chi connectivity index (χ2n) is 6.42. The minimum Gasteiger partial charge on any atom is -0.491 e. The molecule has 1 fully saturated rings. The molecule has 0 saturated carbocycles. The summed E-state index contributed by atoms with van der Waals surface area (Å²) < 4.78 is 33.1. The Morgan fingerprint density at radius 3 is 2.16 bits per heavy atom. The first-order valence-electron chi connectivity index (χ1n) is 8.44. The van der Waals surface area contributed by atoms with Crippen molar-refractivity contribution in [2.24, 2.45) is 0 Å². The van der Waals surface area contributed by atoms with Crippen molar-refractivity contribution in [2.45, 2.75) is 31.1 Å². The summed E-state index contributed by atoms with van der Waals surface area (Å²) in [7, 11) is -3.36. The van der Waals surface area contributed by atoms with Crippen LogP contribution in [0.2, 0.25) is 0 Å². The third-order valence-corrected chi connectivity index (χ3v) is 7.49. The predicted octanol–water partition coefficient (Wildman–Crippen LogP) is 3.35. The lowest BCUT2D eigenvalue weighted by Gasteiger charge is -2.35. The third kappa shape index (κ3) is 4.16. The molecule has 1 aromatic carbocycles. The zero-order valence-electron chi connectivity index (χ0n) is 14.8. The Morgan fingerprint density at radius 1 is 1.00 bits per heavy atom. The molecule has 25 heavy (non-hydrogen) atoms. The first-order chi connectivity index (χ1) is 11.9. The minimum atomic E-state index is -3.36. The molecule has 3 rings (SSSR count). The fourth-order valence-corrected chi connectivity index (χ4v) is 5.73. The molecule has 2 heterocycles. The van der Waals surface area contributed by atoms with Gasteiger partial charge in [-0.25, -0.2) is 8.42 Å². The van der Waals surface area contributed by atoms with Crippen molar-refractivity contribution >= 4 is 27.0 Å². The van der Waals surface area contributed by atoms with E-state index in [1.807, 2.05) is 51.1 Å². The van der Waals surface area contributed by atoms with Crippen molar-refractivity contribution in [1.82, 2.24) is 4.31 Å². The summed E-state index contributed by atoms with van der Waals surface area (Å²) in [5.41, 5.74) is 1.10. The number of benzene rings is 1. The zero-order valence-corrected chi connectivity index (χ0v) is 16.4. The van der Waals surface area contributed by atoms with Gasteiger partial charge in [0.2, 0.25) is 0 Å². The molecule has 136 valence electrons. The van der Waals surface area contributed by atoms with Crippen LogP contribution in [0.1, 0.15) is 18.7 Å². The average Bonchev–Trinajstić information content (AvgIpc) is 3.02. The molecule has 0 bridgehead atoms. The Labute approximate surface area is 153 Å².